The number of rotatable bonds is 3. The van der Waals surface area contributed by atoms with Crippen LogP contribution in [0.2, 0.25) is 5.28 Å². The topological polar surface area (TPSA) is 64.8 Å². The van der Waals surface area contributed by atoms with Crippen molar-refractivity contribution >= 4 is 21.4 Å². The number of hydrogen-bond donors (Lipinski definition) is 0. The second-order valence-corrected chi connectivity index (χ2v) is 6.33. The third kappa shape index (κ3) is 2.68. The molecule has 0 unspecified atom stereocenters. The van der Waals surface area contributed by atoms with Gasteiger partial charge in [0.05, 0.1) is 11.3 Å². The molecule has 0 aliphatic rings. The van der Waals surface area contributed by atoms with E-state index in [0.29, 0.717) is 0 Å². The Bertz CT molecular complexity index is 424. The maximum atomic E-state index is 11.2. The average Bonchev–Trinajstić information content (AvgIpc) is 2.29. The molecule has 1 heterocycles. The smallest absolute Gasteiger partial charge is 0.225 e. The maximum absolute atomic E-state index is 11.2. The number of aromatic nitrogens is 3. The summed E-state index contributed by atoms with van der Waals surface area (Å²) in [5, 5.41) is 7.39. The Labute approximate surface area is 88.0 Å². The summed E-state index contributed by atoms with van der Waals surface area (Å²) >= 11 is 5.75. The molecule has 5 nitrogen and oxygen atoms in total. The van der Waals surface area contributed by atoms with Gasteiger partial charge < -0.3 is 0 Å². The largest absolute Gasteiger partial charge is 0.298 e. The second-order valence-electron chi connectivity index (χ2n) is 3.85. The highest BCUT2D eigenvalue weighted by atomic mass is 35.5. The lowest BCUT2D eigenvalue weighted by atomic mass is 10.1. The minimum Gasteiger partial charge on any atom is -0.298 e. The fourth-order valence-electron chi connectivity index (χ4n) is 1.34. The van der Waals surface area contributed by atoms with Crippen molar-refractivity contribution in [1.82, 2.24) is 14.8 Å². The van der Waals surface area contributed by atoms with Crippen LogP contribution in [0.5, 0.6) is 0 Å². The standard InChI is InChI=1S/C7H12ClN3O2S/c1-7(2,4-14(3,12)13)11-5-9-10-6(11)8/h5H,4H2,1-3H3. The Hall–Kier alpha value is -0.620. The van der Waals surface area contributed by atoms with Crippen LogP contribution in [-0.4, -0.2) is 35.2 Å². The zero-order chi connectivity index (χ0) is 11.0. The summed E-state index contributed by atoms with van der Waals surface area (Å²) in [6.45, 7) is 3.53. The van der Waals surface area contributed by atoms with E-state index in [1.54, 1.807) is 13.8 Å². The molecular weight excluding hydrogens is 226 g/mol. The van der Waals surface area contributed by atoms with Gasteiger partial charge in [-0.2, -0.15) is 0 Å². The number of hydrogen-bond acceptors (Lipinski definition) is 4. The third-order valence-electron chi connectivity index (χ3n) is 1.77. The molecule has 1 aromatic heterocycles. The van der Waals surface area contributed by atoms with E-state index in [1.165, 1.54) is 17.2 Å². The van der Waals surface area contributed by atoms with Gasteiger partial charge in [0.1, 0.15) is 16.2 Å². The first-order valence-corrected chi connectivity index (χ1v) is 6.40. The average molecular weight is 238 g/mol. The van der Waals surface area contributed by atoms with E-state index < -0.39 is 15.4 Å². The molecule has 1 aromatic rings. The molecule has 80 valence electrons. The molecule has 0 N–H and O–H groups in total. The van der Waals surface area contributed by atoms with Crippen LogP contribution >= 0.6 is 11.6 Å². The minimum atomic E-state index is -3.06. The van der Waals surface area contributed by atoms with Gasteiger partial charge in [0, 0.05) is 6.26 Å². The summed E-state index contributed by atoms with van der Waals surface area (Å²) in [6.07, 6.45) is 2.61. The molecule has 0 aromatic carbocycles. The Morgan fingerprint density at radius 3 is 2.50 bits per heavy atom. The van der Waals surface area contributed by atoms with Crippen LogP contribution in [0, 0.1) is 0 Å². The van der Waals surface area contributed by atoms with E-state index in [1.807, 2.05) is 0 Å². The van der Waals surface area contributed by atoms with Crippen molar-refractivity contribution in [1.29, 1.82) is 0 Å². The monoisotopic (exact) mass is 237 g/mol. The van der Waals surface area contributed by atoms with Crippen LogP contribution in [0.3, 0.4) is 0 Å². The molecule has 0 saturated heterocycles. The van der Waals surface area contributed by atoms with Crippen LogP contribution < -0.4 is 0 Å². The first-order valence-electron chi connectivity index (χ1n) is 3.96. The van der Waals surface area contributed by atoms with Gasteiger partial charge in [-0.05, 0) is 25.4 Å². The molecule has 14 heavy (non-hydrogen) atoms. The van der Waals surface area contributed by atoms with Crippen molar-refractivity contribution in [3.8, 4) is 0 Å². The molecule has 0 atom stereocenters. The van der Waals surface area contributed by atoms with Gasteiger partial charge in [-0.25, -0.2) is 8.42 Å². The number of sulfone groups is 1. The molecule has 7 heteroatoms. The van der Waals surface area contributed by atoms with Crippen molar-refractivity contribution in [2.75, 3.05) is 12.0 Å². The summed E-state index contributed by atoms with van der Waals surface area (Å²) in [4.78, 5) is 0. The quantitative estimate of drug-likeness (QED) is 0.777. The predicted molar refractivity (Wildman–Crippen MR) is 54.1 cm³/mol. The highest BCUT2D eigenvalue weighted by Crippen LogP contribution is 2.20. The molecule has 0 bridgehead atoms. The lowest BCUT2D eigenvalue weighted by Gasteiger charge is -2.25. The summed E-state index contributed by atoms with van der Waals surface area (Å²) in [7, 11) is -3.06. The van der Waals surface area contributed by atoms with Crippen LogP contribution in [0.25, 0.3) is 0 Å². The summed E-state index contributed by atoms with van der Waals surface area (Å²) in [5.74, 6) is -0.00222. The molecule has 0 radical (unpaired) electrons. The highest BCUT2D eigenvalue weighted by molar-refractivity contribution is 7.90. The summed E-state index contributed by atoms with van der Waals surface area (Å²) in [6, 6.07) is 0. The maximum Gasteiger partial charge on any atom is 0.225 e. The van der Waals surface area contributed by atoms with Gasteiger partial charge in [0.2, 0.25) is 5.28 Å². The molecule has 0 spiro atoms. The molecule has 0 fully saturated rings. The normalized spacial score (nSPS) is 13.1. The van der Waals surface area contributed by atoms with E-state index in [4.69, 9.17) is 11.6 Å². The number of nitrogens with zero attached hydrogens (tertiary/aromatic N) is 3. The lowest BCUT2D eigenvalue weighted by Crippen LogP contribution is -2.34. The summed E-state index contributed by atoms with van der Waals surface area (Å²) in [5.41, 5.74) is -0.631. The molecule has 0 aliphatic carbocycles. The SMILES string of the molecule is CC(C)(CS(C)(=O)=O)n1cnnc1Cl. The molecule has 0 saturated carbocycles. The van der Waals surface area contributed by atoms with Gasteiger partial charge in [-0.1, -0.05) is 0 Å². The first kappa shape index (κ1) is 11.5. The summed E-state index contributed by atoms with van der Waals surface area (Å²) < 4.78 is 23.8. The Morgan fingerprint density at radius 2 is 2.14 bits per heavy atom. The minimum absolute atomic E-state index is 0.00222. The van der Waals surface area contributed by atoms with Gasteiger partial charge in [0.15, 0.2) is 0 Å². The van der Waals surface area contributed by atoms with Crippen LogP contribution in [0.4, 0.5) is 0 Å². The highest BCUT2D eigenvalue weighted by Gasteiger charge is 2.27. The molecule has 1 rings (SSSR count). The van der Waals surface area contributed by atoms with E-state index in [2.05, 4.69) is 10.2 Å². The zero-order valence-corrected chi connectivity index (χ0v) is 9.80. The van der Waals surface area contributed by atoms with Gasteiger partial charge >= 0.3 is 0 Å². The number of halogens is 1. The second kappa shape index (κ2) is 3.51. The van der Waals surface area contributed by atoms with Gasteiger partial charge in [-0.15, -0.1) is 10.2 Å². The Kier molecular flexibility index (Phi) is 2.87. The van der Waals surface area contributed by atoms with E-state index >= 15 is 0 Å². The van der Waals surface area contributed by atoms with Gasteiger partial charge in [0.25, 0.3) is 0 Å². The first-order chi connectivity index (χ1) is 6.22. The molecule has 0 amide bonds. The van der Waals surface area contributed by atoms with E-state index in [9.17, 15) is 8.42 Å². The van der Waals surface area contributed by atoms with Crippen molar-refractivity contribution in [3.63, 3.8) is 0 Å². The van der Waals surface area contributed by atoms with Crippen LogP contribution in [0.15, 0.2) is 6.33 Å². The van der Waals surface area contributed by atoms with Crippen LogP contribution in [0.1, 0.15) is 13.8 Å². The fraction of sp³-hybridized carbons (Fsp3) is 0.714. The molecule has 0 aliphatic heterocycles. The van der Waals surface area contributed by atoms with Crippen LogP contribution in [-0.2, 0) is 15.4 Å². The molecular formula is C7H12ClN3O2S. The third-order valence-corrected chi connectivity index (χ3v) is 3.26. The Morgan fingerprint density at radius 1 is 1.57 bits per heavy atom. The van der Waals surface area contributed by atoms with Crippen molar-refractivity contribution in [2.24, 2.45) is 0 Å². The van der Waals surface area contributed by atoms with E-state index in [-0.39, 0.29) is 11.0 Å². The van der Waals surface area contributed by atoms with Gasteiger partial charge in [-0.3, -0.25) is 4.57 Å². The zero-order valence-electron chi connectivity index (χ0n) is 8.23. The fourth-order valence-corrected chi connectivity index (χ4v) is 3.08. The van der Waals surface area contributed by atoms with Crippen molar-refractivity contribution in [2.45, 2.75) is 19.4 Å². The van der Waals surface area contributed by atoms with E-state index in [0.717, 1.165) is 0 Å². The Balaban J connectivity index is 3.03. The predicted octanol–water partition coefficient (Wildman–Crippen LogP) is 0.711. The van der Waals surface area contributed by atoms with Crippen molar-refractivity contribution in [3.05, 3.63) is 11.6 Å². The van der Waals surface area contributed by atoms with Crippen molar-refractivity contribution < 1.29 is 8.42 Å². The lowest BCUT2D eigenvalue weighted by molar-refractivity contribution is 0.396.